The number of aromatic nitrogens is 1. The second-order valence-corrected chi connectivity index (χ2v) is 6.17. The molecule has 0 saturated carbocycles. The van der Waals surface area contributed by atoms with Crippen molar-refractivity contribution in [2.24, 2.45) is 0 Å². The first-order valence-corrected chi connectivity index (χ1v) is 6.95. The molecule has 0 saturated heterocycles. The number of hydrogen-bond acceptors (Lipinski definition) is 4. The fourth-order valence-corrected chi connectivity index (χ4v) is 2.94. The Morgan fingerprint density at radius 3 is 2.80 bits per heavy atom. The Hall–Kier alpha value is -0.720. The van der Waals surface area contributed by atoms with E-state index in [1.54, 1.807) is 6.92 Å². The predicted molar refractivity (Wildman–Crippen MR) is 62.3 cm³/mol. The molecule has 0 aliphatic rings. The third-order valence-electron chi connectivity index (χ3n) is 1.55. The molecular formula is C9H14N2O2S2. The van der Waals surface area contributed by atoms with Gasteiger partial charge in [0, 0.05) is 11.1 Å². The van der Waals surface area contributed by atoms with Crippen LogP contribution in [0, 0.1) is 6.92 Å². The number of sulfonamides is 1. The number of hydrogen-bond donors (Lipinski definition) is 1. The van der Waals surface area contributed by atoms with Gasteiger partial charge in [-0.05, 0) is 13.8 Å². The van der Waals surface area contributed by atoms with Crippen molar-refractivity contribution in [1.82, 2.24) is 9.71 Å². The molecule has 0 aromatic carbocycles. The second-order valence-electron chi connectivity index (χ2n) is 3.42. The molecule has 0 aliphatic carbocycles. The molecule has 1 heterocycles. The first kappa shape index (κ1) is 12.4. The molecule has 1 N–H and O–H groups in total. The van der Waals surface area contributed by atoms with Crippen molar-refractivity contribution in [3.8, 4) is 0 Å². The summed E-state index contributed by atoms with van der Waals surface area (Å²) >= 11 is 1.45. The largest absolute Gasteiger partial charge is 0.245 e. The molecule has 84 valence electrons. The zero-order chi connectivity index (χ0) is 11.5. The molecule has 0 fully saturated rings. The lowest BCUT2D eigenvalue weighted by Crippen LogP contribution is -2.26. The molecular weight excluding hydrogens is 232 g/mol. The van der Waals surface area contributed by atoms with Crippen molar-refractivity contribution in [3.05, 3.63) is 28.2 Å². The number of nitrogens with zero attached hydrogens (tertiary/aromatic N) is 1. The Kier molecular flexibility index (Phi) is 4.01. The van der Waals surface area contributed by atoms with Gasteiger partial charge in [-0.3, -0.25) is 0 Å². The van der Waals surface area contributed by atoms with Crippen LogP contribution in [0.25, 0.3) is 0 Å². The number of nitrogens with one attached hydrogen (secondary N) is 1. The van der Waals surface area contributed by atoms with Gasteiger partial charge in [0.15, 0.2) is 0 Å². The molecule has 1 rings (SSSR count). The summed E-state index contributed by atoms with van der Waals surface area (Å²) in [7, 11) is -3.25. The molecule has 4 nitrogen and oxygen atoms in total. The van der Waals surface area contributed by atoms with Gasteiger partial charge >= 0.3 is 0 Å². The van der Waals surface area contributed by atoms with E-state index < -0.39 is 10.0 Å². The number of aryl methyl sites for hydroxylation is 1. The van der Waals surface area contributed by atoms with Crippen LogP contribution in [0.1, 0.15) is 17.6 Å². The van der Waals surface area contributed by atoms with Crippen LogP contribution in [0.15, 0.2) is 17.5 Å². The number of rotatable bonds is 5. The Labute approximate surface area is 94.1 Å². The van der Waals surface area contributed by atoms with E-state index in [2.05, 4.69) is 16.3 Å². The monoisotopic (exact) mass is 246 g/mol. The SMILES string of the molecule is C=C(C)CS(=O)(=O)NCc1nc(C)cs1. The smallest absolute Gasteiger partial charge is 0.215 e. The summed E-state index contributed by atoms with van der Waals surface area (Å²) in [6.07, 6.45) is 0. The zero-order valence-electron chi connectivity index (χ0n) is 8.78. The van der Waals surface area contributed by atoms with Crippen LogP contribution < -0.4 is 4.72 Å². The molecule has 0 bridgehead atoms. The van der Waals surface area contributed by atoms with E-state index in [0.717, 1.165) is 10.7 Å². The highest BCUT2D eigenvalue weighted by Gasteiger charge is 2.10. The lowest BCUT2D eigenvalue weighted by molar-refractivity contribution is 0.583. The maximum atomic E-state index is 11.4. The van der Waals surface area contributed by atoms with Gasteiger partial charge in [-0.15, -0.1) is 11.3 Å². The van der Waals surface area contributed by atoms with E-state index in [4.69, 9.17) is 0 Å². The van der Waals surface area contributed by atoms with Crippen molar-refractivity contribution in [2.45, 2.75) is 20.4 Å². The Morgan fingerprint density at radius 2 is 2.33 bits per heavy atom. The van der Waals surface area contributed by atoms with Crippen molar-refractivity contribution >= 4 is 21.4 Å². The predicted octanol–water partition coefficient (Wildman–Crippen LogP) is 1.45. The Bertz CT molecular complexity index is 448. The maximum Gasteiger partial charge on any atom is 0.215 e. The quantitative estimate of drug-likeness (QED) is 0.800. The summed E-state index contributed by atoms with van der Waals surface area (Å²) in [5.41, 5.74) is 1.53. The number of thiazole rings is 1. The minimum atomic E-state index is -3.25. The van der Waals surface area contributed by atoms with Crippen LogP contribution in [0.2, 0.25) is 0 Å². The van der Waals surface area contributed by atoms with Gasteiger partial charge in [0.25, 0.3) is 0 Å². The van der Waals surface area contributed by atoms with Gasteiger partial charge < -0.3 is 0 Å². The highest BCUT2D eigenvalue weighted by molar-refractivity contribution is 7.89. The van der Waals surface area contributed by atoms with Gasteiger partial charge in [0.1, 0.15) is 5.01 Å². The standard InChI is InChI=1S/C9H14N2O2S2/c1-7(2)6-15(12,13)10-4-9-11-8(3)5-14-9/h5,10H,1,4,6H2,2-3H3. The zero-order valence-corrected chi connectivity index (χ0v) is 10.4. The Balaban J connectivity index is 2.53. The van der Waals surface area contributed by atoms with Gasteiger partial charge in [-0.1, -0.05) is 12.2 Å². The lowest BCUT2D eigenvalue weighted by atomic mass is 10.4. The fraction of sp³-hybridized carbons (Fsp3) is 0.444. The van der Waals surface area contributed by atoms with Gasteiger partial charge in [-0.2, -0.15) is 0 Å². The van der Waals surface area contributed by atoms with Crippen LogP contribution in [0.3, 0.4) is 0 Å². The van der Waals surface area contributed by atoms with Crippen molar-refractivity contribution in [2.75, 3.05) is 5.75 Å². The molecule has 0 unspecified atom stereocenters. The summed E-state index contributed by atoms with van der Waals surface area (Å²) < 4.78 is 25.3. The minimum absolute atomic E-state index is 0.0304. The normalized spacial score (nSPS) is 11.6. The maximum absolute atomic E-state index is 11.4. The molecule has 1 aromatic rings. The van der Waals surface area contributed by atoms with Gasteiger partial charge in [-0.25, -0.2) is 18.1 Å². The van der Waals surface area contributed by atoms with E-state index in [1.807, 2.05) is 12.3 Å². The first-order valence-electron chi connectivity index (χ1n) is 4.42. The van der Waals surface area contributed by atoms with Crippen LogP contribution in [0.4, 0.5) is 0 Å². The van der Waals surface area contributed by atoms with Crippen molar-refractivity contribution in [3.63, 3.8) is 0 Å². The van der Waals surface area contributed by atoms with Crippen molar-refractivity contribution < 1.29 is 8.42 Å². The summed E-state index contributed by atoms with van der Waals surface area (Å²) in [4.78, 5) is 4.16. The molecule has 15 heavy (non-hydrogen) atoms. The third-order valence-corrected chi connectivity index (χ3v) is 3.97. The summed E-state index contributed by atoms with van der Waals surface area (Å²) in [5.74, 6) is -0.0304. The highest BCUT2D eigenvalue weighted by atomic mass is 32.2. The van der Waals surface area contributed by atoms with Gasteiger partial charge in [0.2, 0.25) is 10.0 Å². The summed E-state index contributed by atoms with van der Waals surface area (Å²) in [6, 6.07) is 0. The van der Waals surface area contributed by atoms with E-state index in [1.165, 1.54) is 11.3 Å². The average molecular weight is 246 g/mol. The second kappa shape index (κ2) is 4.87. The molecule has 6 heteroatoms. The van der Waals surface area contributed by atoms with E-state index >= 15 is 0 Å². The van der Waals surface area contributed by atoms with Crippen LogP contribution in [-0.2, 0) is 16.6 Å². The molecule has 1 aromatic heterocycles. The Morgan fingerprint density at radius 1 is 1.67 bits per heavy atom. The summed E-state index contributed by atoms with van der Waals surface area (Å²) in [5, 5.41) is 2.67. The van der Waals surface area contributed by atoms with Crippen LogP contribution in [-0.4, -0.2) is 19.2 Å². The minimum Gasteiger partial charge on any atom is -0.245 e. The topological polar surface area (TPSA) is 59.1 Å². The van der Waals surface area contributed by atoms with Crippen LogP contribution >= 0.6 is 11.3 Å². The molecule has 0 amide bonds. The third kappa shape index (κ3) is 4.55. The highest BCUT2D eigenvalue weighted by Crippen LogP contribution is 2.08. The molecule has 0 spiro atoms. The fourth-order valence-electron chi connectivity index (χ4n) is 1.03. The van der Waals surface area contributed by atoms with Crippen molar-refractivity contribution in [1.29, 1.82) is 0 Å². The van der Waals surface area contributed by atoms with E-state index in [9.17, 15) is 8.42 Å². The summed E-state index contributed by atoms with van der Waals surface area (Å²) in [6.45, 7) is 7.39. The first-order chi connectivity index (χ1) is 6.89. The average Bonchev–Trinajstić information content (AvgIpc) is 2.46. The van der Waals surface area contributed by atoms with Crippen LogP contribution in [0.5, 0.6) is 0 Å². The lowest BCUT2D eigenvalue weighted by Gasteiger charge is -2.03. The molecule has 0 aliphatic heterocycles. The molecule has 0 atom stereocenters. The molecule has 0 radical (unpaired) electrons. The van der Waals surface area contributed by atoms with E-state index in [0.29, 0.717) is 5.57 Å². The van der Waals surface area contributed by atoms with E-state index in [-0.39, 0.29) is 12.3 Å². The van der Waals surface area contributed by atoms with Gasteiger partial charge in [0.05, 0.1) is 12.3 Å².